The quantitative estimate of drug-likeness (QED) is 0.657. The first-order valence-corrected chi connectivity index (χ1v) is 11.0. The van der Waals surface area contributed by atoms with Crippen molar-refractivity contribution >= 4 is 11.8 Å². The molecule has 2 atom stereocenters. The van der Waals surface area contributed by atoms with Gasteiger partial charge in [0, 0.05) is 12.0 Å². The van der Waals surface area contributed by atoms with Crippen LogP contribution in [0.1, 0.15) is 36.8 Å². The number of carbonyl (C=O) groups is 2. The normalized spacial score (nSPS) is 32.2. The summed E-state index contributed by atoms with van der Waals surface area (Å²) in [6.07, 6.45) is 5.03. The van der Waals surface area contributed by atoms with Crippen molar-refractivity contribution in [2.45, 2.75) is 38.6 Å². The first-order valence-electron chi connectivity index (χ1n) is 11.0. The molecule has 1 aromatic rings. The zero-order chi connectivity index (χ0) is 19.1. The van der Waals surface area contributed by atoms with Crippen LogP contribution in [0, 0.1) is 11.8 Å². The molecule has 6 nitrogen and oxygen atoms in total. The third kappa shape index (κ3) is 3.33. The summed E-state index contributed by atoms with van der Waals surface area (Å²) in [5, 5.41) is 0. The van der Waals surface area contributed by atoms with Gasteiger partial charge in [-0.05, 0) is 36.6 Å². The summed E-state index contributed by atoms with van der Waals surface area (Å²) in [5.41, 5.74) is 2.73. The standard InChI is InChI=1S/C22H29N3O3/c26-21-18-3-1-2-4-19(18)22(27)25(21)15-24-10-8-23(9-11-24)14-16-5-6-20-17(13-16)7-12-28-20/h5-6,13,18-19H,1-4,7-12,14-15H2/p+2/t18-,19-/m1/s1. The van der Waals surface area contributed by atoms with Crippen LogP contribution in [-0.2, 0) is 22.6 Å². The molecule has 0 spiro atoms. The van der Waals surface area contributed by atoms with Crippen molar-refractivity contribution in [3.05, 3.63) is 29.3 Å². The lowest BCUT2D eigenvalue weighted by atomic mass is 9.81. The second kappa shape index (κ2) is 7.48. The molecule has 1 aromatic carbocycles. The molecule has 0 radical (unpaired) electrons. The number of rotatable bonds is 4. The van der Waals surface area contributed by atoms with Gasteiger partial charge in [0.05, 0.1) is 18.4 Å². The molecule has 4 aliphatic rings. The fraction of sp³-hybridized carbons (Fsp3) is 0.636. The summed E-state index contributed by atoms with van der Waals surface area (Å²) in [6.45, 7) is 6.66. The van der Waals surface area contributed by atoms with E-state index in [9.17, 15) is 9.59 Å². The molecular weight excluding hydrogens is 354 g/mol. The SMILES string of the molecule is O=C1[C@@H]2CCCC[C@H]2C(=O)N1C[NH+]1CC[NH+](Cc2ccc3c(c2)CCO3)CC1. The third-order valence-electron chi connectivity index (χ3n) is 7.19. The Hall–Kier alpha value is -1.92. The van der Waals surface area contributed by atoms with Gasteiger partial charge in [-0.15, -0.1) is 0 Å². The lowest BCUT2D eigenvalue weighted by Gasteiger charge is -2.31. The van der Waals surface area contributed by atoms with E-state index in [0.29, 0.717) is 6.67 Å². The molecule has 3 aliphatic heterocycles. The van der Waals surface area contributed by atoms with Crippen LogP contribution in [0.3, 0.4) is 0 Å². The number of likely N-dealkylation sites (tertiary alicyclic amines) is 1. The van der Waals surface area contributed by atoms with Gasteiger partial charge in [0.25, 0.3) is 0 Å². The number of nitrogens with one attached hydrogen (secondary N) is 2. The van der Waals surface area contributed by atoms with Gasteiger partial charge in [-0.2, -0.15) is 0 Å². The largest absolute Gasteiger partial charge is 0.493 e. The number of fused-ring (bicyclic) bond motifs is 2. The number of imide groups is 1. The van der Waals surface area contributed by atoms with Gasteiger partial charge in [-0.3, -0.25) is 9.59 Å². The van der Waals surface area contributed by atoms with Crippen LogP contribution in [0.5, 0.6) is 5.75 Å². The molecule has 0 aromatic heterocycles. The van der Waals surface area contributed by atoms with Gasteiger partial charge in [-0.1, -0.05) is 12.8 Å². The molecule has 1 saturated carbocycles. The minimum atomic E-state index is -0.0173. The van der Waals surface area contributed by atoms with Crippen molar-refractivity contribution in [2.75, 3.05) is 39.5 Å². The highest BCUT2D eigenvalue weighted by atomic mass is 16.5. The Bertz CT molecular complexity index is 748. The number of benzene rings is 1. The van der Waals surface area contributed by atoms with Crippen molar-refractivity contribution in [1.29, 1.82) is 0 Å². The second-order valence-corrected chi connectivity index (χ2v) is 8.98. The number of carbonyl (C=O) groups excluding carboxylic acids is 2. The molecule has 5 rings (SSSR count). The zero-order valence-electron chi connectivity index (χ0n) is 16.5. The minimum absolute atomic E-state index is 0.0173. The Morgan fingerprint density at radius 2 is 1.64 bits per heavy atom. The maximum atomic E-state index is 12.7. The van der Waals surface area contributed by atoms with Crippen molar-refractivity contribution in [3.8, 4) is 5.75 Å². The van der Waals surface area contributed by atoms with Gasteiger partial charge < -0.3 is 14.5 Å². The summed E-state index contributed by atoms with van der Waals surface area (Å²) in [4.78, 5) is 30.0. The van der Waals surface area contributed by atoms with Crippen LogP contribution in [-0.4, -0.2) is 56.2 Å². The lowest BCUT2D eigenvalue weighted by Crippen LogP contribution is -3.28. The summed E-state index contributed by atoms with van der Waals surface area (Å²) in [7, 11) is 0. The van der Waals surface area contributed by atoms with E-state index in [-0.39, 0.29) is 23.7 Å². The molecule has 2 N–H and O–H groups in total. The molecule has 3 heterocycles. The Labute approximate surface area is 166 Å². The smallest absolute Gasteiger partial charge is 0.237 e. The molecule has 0 unspecified atom stereocenters. The average molecular weight is 386 g/mol. The van der Waals surface area contributed by atoms with Gasteiger partial charge >= 0.3 is 0 Å². The number of nitrogens with zero attached hydrogens (tertiary/aromatic N) is 1. The summed E-state index contributed by atoms with van der Waals surface area (Å²) in [5.74, 6) is 1.23. The van der Waals surface area contributed by atoms with Crippen molar-refractivity contribution in [2.24, 2.45) is 11.8 Å². The van der Waals surface area contributed by atoms with Crippen LogP contribution in [0.4, 0.5) is 0 Å². The highest BCUT2D eigenvalue weighted by Crippen LogP contribution is 2.37. The van der Waals surface area contributed by atoms with E-state index in [1.165, 1.54) is 16.0 Å². The zero-order valence-corrected chi connectivity index (χ0v) is 16.5. The summed E-state index contributed by atoms with van der Waals surface area (Å²) >= 11 is 0. The number of hydrogen-bond acceptors (Lipinski definition) is 3. The maximum Gasteiger partial charge on any atom is 0.237 e. The molecule has 0 bridgehead atoms. The Morgan fingerprint density at radius 1 is 0.964 bits per heavy atom. The second-order valence-electron chi connectivity index (χ2n) is 8.98. The molecule has 2 saturated heterocycles. The molecule has 3 fully saturated rings. The van der Waals surface area contributed by atoms with E-state index in [4.69, 9.17) is 4.74 Å². The van der Waals surface area contributed by atoms with Gasteiger partial charge in [0.15, 0.2) is 6.67 Å². The topological polar surface area (TPSA) is 55.5 Å². The number of ether oxygens (including phenoxy) is 1. The minimum Gasteiger partial charge on any atom is -0.493 e. The third-order valence-corrected chi connectivity index (χ3v) is 7.19. The first kappa shape index (κ1) is 18.1. The summed E-state index contributed by atoms with van der Waals surface area (Å²) < 4.78 is 5.60. The van der Waals surface area contributed by atoms with Crippen LogP contribution in [0.25, 0.3) is 0 Å². The van der Waals surface area contributed by atoms with Crippen LogP contribution < -0.4 is 14.5 Å². The molecule has 1 aliphatic carbocycles. The Kier molecular flexibility index (Phi) is 4.85. The van der Waals surface area contributed by atoms with E-state index in [1.807, 2.05) is 0 Å². The van der Waals surface area contributed by atoms with Crippen LogP contribution in [0.2, 0.25) is 0 Å². The van der Waals surface area contributed by atoms with E-state index in [1.54, 1.807) is 9.80 Å². The van der Waals surface area contributed by atoms with Gasteiger partial charge in [0.2, 0.25) is 11.8 Å². The van der Waals surface area contributed by atoms with Crippen molar-refractivity contribution in [3.63, 3.8) is 0 Å². The summed E-state index contributed by atoms with van der Waals surface area (Å²) in [6, 6.07) is 6.61. The average Bonchev–Trinajstić information content (AvgIpc) is 3.28. The maximum absolute atomic E-state index is 12.7. The number of quaternary nitrogens is 2. The number of amides is 2. The molecule has 28 heavy (non-hydrogen) atoms. The van der Waals surface area contributed by atoms with Gasteiger partial charge in [-0.25, -0.2) is 4.90 Å². The van der Waals surface area contributed by atoms with E-state index < -0.39 is 0 Å². The predicted octanol–water partition coefficient (Wildman–Crippen LogP) is -0.962. The Balaban J connectivity index is 1.14. The lowest BCUT2D eigenvalue weighted by molar-refractivity contribution is -1.02. The fourth-order valence-electron chi connectivity index (χ4n) is 5.54. The van der Waals surface area contributed by atoms with Crippen molar-refractivity contribution < 1.29 is 24.1 Å². The molecule has 6 heteroatoms. The molecule has 150 valence electrons. The van der Waals surface area contributed by atoms with Gasteiger partial charge in [0.1, 0.15) is 38.5 Å². The fourth-order valence-corrected chi connectivity index (χ4v) is 5.54. The van der Waals surface area contributed by atoms with E-state index in [2.05, 4.69) is 18.2 Å². The number of hydrogen-bond donors (Lipinski definition) is 2. The Morgan fingerprint density at radius 3 is 2.36 bits per heavy atom. The first-order chi connectivity index (χ1) is 13.7. The van der Waals surface area contributed by atoms with Crippen LogP contribution in [0.15, 0.2) is 18.2 Å². The molecule has 2 amide bonds. The highest BCUT2D eigenvalue weighted by molar-refractivity contribution is 6.05. The number of piperazine rings is 1. The van der Waals surface area contributed by atoms with E-state index >= 15 is 0 Å². The van der Waals surface area contributed by atoms with Crippen LogP contribution >= 0.6 is 0 Å². The van der Waals surface area contributed by atoms with E-state index in [0.717, 1.165) is 77.2 Å². The predicted molar refractivity (Wildman–Crippen MR) is 103 cm³/mol. The monoisotopic (exact) mass is 385 g/mol. The molecular formula is C22H31N3O3+2. The highest BCUT2D eigenvalue weighted by Gasteiger charge is 2.49. The van der Waals surface area contributed by atoms with Crippen molar-refractivity contribution in [1.82, 2.24) is 4.90 Å².